The van der Waals surface area contributed by atoms with Gasteiger partial charge in [0.05, 0.1) is 10.6 Å². The third-order valence-corrected chi connectivity index (χ3v) is 8.50. The van der Waals surface area contributed by atoms with Crippen LogP contribution in [-0.4, -0.2) is 24.5 Å². The van der Waals surface area contributed by atoms with E-state index in [0.29, 0.717) is 23.8 Å². The number of aryl methyl sites for hydroxylation is 2. The molecule has 0 saturated carbocycles. The van der Waals surface area contributed by atoms with Crippen LogP contribution in [0.3, 0.4) is 0 Å². The van der Waals surface area contributed by atoms with E-state index in [4.69, 9.17) is 23.2 Å². The molecule has 4 aromatic rings. The highest BCUT2D eigenvalue weighted by Gasteiger charge is 2.34. The highest BCUT2D eigenvalue weighted by molar-refractivity contribution is 7.93. The lowest BCUT2D eigenvalue weighted by Crippen LogP contribution is -2.33. The summed E-state index contributed by atoms with van der Waals surface area (Å²) in [6.45, 7) is 0. The van der Waals surface area contributed by atoms with E-state index in [1.807, 2.05) is 48.5 Å². The molecule has 6 nitrogen and oxygen atoms in total. The van der Waals surface area contributed by atoms with Gasteiger partial charge in [0.2, 0.25) is 0 Å². The fourth-order valence-corrected chi connectivity index (χ4v) is 7.41. The largest absolute Gasteiger partial charge is 0.345 e. The van der Waals surface area contributed by atoms with Crippen molar-refractivity contribution in [3.63, 3.8) is 0 Å². The van der Waals surface area contributed by atoms with Gasteiger partial charge in [-0.1, -0.05) is 89.9 Å². The highest BCUT2D eigenvalue weighted by Crippen LogP contribution is 2.43. The molecule has 182 valence electrons. The van der Waals surface area contributed by atoms with Crippen LogP contribution in [0.2, 0.25) is 10.0 Å². The van der Waals surface area contributed by atoms with E-state index in [1.165, 1.54) is 18.2 Å². The smallest absolute Gasteiger partial charge is 0.323 e. The Morgan fingerprint density at radius 1 is 0.800 bits per heavy atom. The van der Waals surface area contributed by atoms with E-state index in [1.54, 1.807) is 18.2 Å². The fourth-order valence-electron chi connectivity index (χ4n) is 3.96. The molecule has 0 aliphatic heterocycles. The predicted molar refractivity (Wildman–Crippen MR) is 141 cm³/mol. The van der Waals surface area contributed by atoms with Crippen LogP contribution in [0.15, 0.2) is 89.8 Å². The standard InChI is InChI=1S/C25H22Cl2NO5PS/c26-21-14-22(27)16-23(15-21)35(32,33)28(17-34(29,30)31)25-20(11-10-18-6-2-1-3-7-18)13-12-19-8-4-5-9-24(19)25/h1-9,12-16H,10-11,17H2,(H2,29,30,31). The van der Waals surface area contributed by atoms with Gasteiger partial charge in [-0.15, -0.1) is 0 Å². The molecule has 0 atom stereocenters. The third kappa shape index (κ3) is 6.07. The van der Waals surface area contributed by atoms with Crippen molar-refractivity contribution < 1.29 is 22.8 Å². The van der Waals surface area contributed by atoms with E-state index >= 15 is 0 Å². The summed E-state index contributed by atoms with van der Waals surface area (Å²) >= 11 is 12.1. The lowest BCUT2D eigenvalue weighted by Gasteiger charge is -2.28. The Bertz CT molecular complexity index is 1500. The Kier molecular flexibility index (Phi) is 7.57. The van der Waals surface area contributed by atoms with Gasteiger partial charge in [-0.05, 0) is 47.6 Å². The molecule has 0 fully saturated rings. The number of hydrogen-bond acceptors (Lipinski definition) is 3. The van der Waals surface area contributed by atoms with E-state index in [0.717, 1.165) is 15.3 Å². The van der Waals surface area contributed by atoms with E-state index < -0.39 is 23.9 Å². The Labute approximate surface area is 214 Å². The van der Waals surface area contributed by atoms with E-state index in [-0.39, 0.29) is 20.6 Å². The van der Waals surface area contributed by atoms with Gasteiger partial charge in [0.25, 0.3) is 10.0 Å². The molecule has 4 rings (SSSR count). The number of hydrogen-bond donors (Lipinski definition) is 2. The Hall–Kier alpha value is -2.38. The molecule has 0 saturated heterocycles. The lowest BCUT2D eigenvalue weighted by molar-refractivity contribution is 0.373. The second-order valence-electron chi connectivity index (χ2n) is 8.04. The molecule has 0 aliphatic rings. The first-order valence-electron chi connectivity index (χ1n) is 10.6. The molecule has 4 aromatic carbocycles. The number of anilines is 1. The van der Waals surface area contributed by atoms with Crippen molar-refractivity contribution in [3.8, 4) is 0 Å². The van der Waals surface area contributed by atoms with Gasteiger partial charge in [-0.25, -0.2) is 8.42 Å². The third-order valence-electron chi connectivity index (χ3n) is 5.50. The Morgan fingerprint density at radius 3 is 2.09 bits per heavy atom. The number of rotatable bonds is 8. The molecule has 10 heteroatoms. The van der Waals surface area contributed by atoms with Crippen LogP contribution in [-0.2, 0) is 27.4 Å². The number of halogens is 2. The van der Waals surface area contributed by atoms with Crippen LogP contribution in [0.25, 0.3) is 10.8 Å². The summed E-state index contributed by atoms with van der Waals surface area (Å²) in [4.78, 5) is 19.5. The van der Waals surface area contributed by atoms with Crippen LogP contribution in [0, 0.1) is 0 Å². The predicted octanol–water partition coefficient (Wildman–Crippen LogP) is 6.26. The van der Waals surface area contributed by atoms with Crippen molar-refractivity contribution >= 4 is 57.3 Å². The van der Waals surface area contributed by atoms with Gasteiger partial charge in [0.15, 0.2) is 0 Å². The zero-order valence-corrected chi connectivity index (χ0v) is 21.6. The van der Waals surface area contributed by atoms with Gasteiger partial charge < -0.3 is 9.79 Å². The zero-order chi connectivity index (χ0) is 25.2. The molecule has 0 aliphatic carbocycles. The molecule has 0 heterocycles. The molecular weight excluding hydrogens is 528 g/mol. The first-order valence-corrected chi connectivity index (χ1v) is 14.6. The molecule has 2 N–H and O–H groups in total. The second-order valence-corrected chi connectivity index (χ2v) is 12.4. The first kappa shape index (κ1) is 25.7. The summed E-state index contributed by atoms with van der Waals surface area (Å²) in [7, 11) is -9.28. The maximum absolute atomic E-state index is 13.9. The van der Waals surface area contributed by atoms with Gasteiger partial charge in [0.1, 0.15) is 6.29 Å². The highest BCUT2D eigenvalue weighted by atomic mass is 35.5. The number of nitrogens with zero attached hydrogens (tertiary/aromatic N) is 1. The number of benzene rings is 4. The topological polar surface area (TPSA) is 94.9 Å². The van der Waals surface area contributed by atoms with Crippen LogP contribution >= 0.6 is 30.8 Å². The summed E-state index contributed by atoms with van der Waals surface area (Å²) in [5.74, 6) is 0. The monoisotopic (exact) mass is 549 g/mol. The summed E-state index contributed by atoms with van der Waals surface area (Å²) in [6.07, 6.45) is 0.0262. The number of sulfonamides is 1. The van der Waals surface area contributed by atoms with Crippen molar-refractivity contribution in [2.24, 2.45) is 0 Å². The lowest BCUT2D eigenvalue weighted by atomic mass is 9.98. The van der Waals surface area contributed by atoms with Crippen molar-refractivity contribution in [1.82, 2.24) is 0 Å². The van der Waals surface area contributed by atoms with Crippen LogP contribution in [0.4, 0.5) is 5.69 Å². The molecule has 0 aromatic heterocycles. The maximum Gasteiger partial charge on any atom is 0.345 e. The minimum atomic E-state index is -4.82. The zero-order valence-electron chi connectivity index (χ0n) is 18.4. The summed E-state index contributed by atoms with van der Waals surface area (Å²) in [5, 5.41) is 1.48. The van der Waals surface area contributed by atoms with Crippen molar-refractivity contribution in [1.29, 1.82) is 0 Å². The minimum Gasteiger partial charge on any atom is -0.323 e. The molecule has 0 amide bonds. The molecule has 0 radical (unpaired) electrons. The average molecular weight is 550 g/mol. The van der Waals surface area contributed by atoms with E-state index in [9.17, 15) is 22.8 Å². The van der Waals surface area contributed by atoms with Crippen molar-refractivity contribution in [3.05, 3.63) is 106 Å². The van der Waals surface area contributed by atoms with Gasteiger partial charge in [-0.3, -0.25) is 8.87 Å². The molecule has 0 spiro atoms. The quantitative estimate of drug-likeness (QED) is 0.253. The van der Waals surface area contributed by atoms with Crippen LogP contribution in [0.1, 0.15) is 11.1 Å². The van der Waals surface area contributed by atoms with Crippen molar-refractivity contribution in [2.75, 3.05) is 10.6 Å². The van der Waals surface area contributed by atoms with Gasteiger partial charge in [0, 0.05) is 15.4 Å². The van der Waals surface area contributed by atoms with Crippen LogP contribution in [0.5, 0.6) is 0 Å². The molecule has 35 heavy (non-hydrogen) atoms. The minimum absolute atomic E-state index is 0.0921. The SMILES string of the molecule is O=P(O)(O)CN(c1c(CCc2ccccc2)ccc2ccccc12)S(=O)(=O)c1cc(Cl)cc(Cl)c1. The number of fused-ring (bicyclic) bond motifs is 1. The Balaban J connectivity index is 1.93. The van der Waals surface area contributed by atoms with Crippen molar-refractivity contribution in [2.45, 2.75) is 17.7 Å². The second kappa shape index (κ2) is 10.3. The summed E-state index contributed by atoms with van der Waals surface area (Å²) < 4.78 is 40.7. The maximum atomic E-state index is 13.9. The van der Waals surface area contributed by atoms with E-state index in [2.05, 4.69) is 0 Å². The molecule has 0 unspecified atom stereocenters. The summed E-state index contributed by atoms with van der Waals surface area (Å²) in [5.41, 5.74) is 1.91. The normalized spacial score (nSPS) is 12.1. The Morgan fingerprint density at radius 2 is 1.43 bits per heavy atom. The first-order chi connectivity index (χ1) is 16.5. The summed E-state index contributed by atoms with van der Waals surface area (Å²) in [6, 6.07) is 24.3. The van der Waals surface area contributed by atoms with Gasteiger partial charge in [-0.2, -0.15) is 0 Å². The average Bonchev–Trinajstić information content (AvgIpc) is 2.80. The molecular formula is C25H22Cl2NO5PS. The fraction of sp³-hybridized carbons (Fsp3) is 0.120. The van der Waals surface area contributed by atoms with Crippen LogP contribution < -0.4 is 4.31 Å². The molecule has 0 bridgehead atoms. The van der Waals surface area contributed by atoms with Gasteiger partial charge >= 0.3 is 7.60 Å².